The van der Waals surface area contributed by atoms with Crippen LogP contribution in [0.25, 0.3) is 0 Å². The van der Waals surface area contributed by atoms with E-state index in [9.17, 15) is 18.0 Å². The Morgan fingerprint density at radius 1 is 1.57 bits per heavy atom. The summed E-state index contributed by atoms with van der Waals surface area (Å²) in [6.07, 6.45) is -2.78. The predicted octanol–water partition coefficient (Wildman–Crippen LogP) is 2.51. The second-order valence-electron chi connectivity index (χ2n) is 2.29. The highest BCUT2D eigenvalue weighted by atomic mass is 35.5. The van der Waals surface area contributed by atoms with Gasteiger partial charge in [-0.1, -0.05) is 11.6 Å². The lowest BCUT2D eigenvalue weighted by Crippen LogP contribution is -2.06. The van der Waals surface area contributed by atoms with E-state index in [4.69, 9.17) is 16.7 Å². The molecule has 0 aromatic carbocycles. The third kappa shape index (κ3) is 1.79. The fraction of sp³-hybridized carbons (Fsp3) is 0.143. The number of alkyl halides is 2. The highest BCUT2D eigenvalue weighted by molar-refractivity contribution is 6.34. The normalized spacial score (nSPS) is 10.6. The van der Waals surface area contributed by atoms with E-state index < -0.39 is 34.5 Å². The van der Waals surface area contributed by atoms with Crippen LogP contribution in [0, 0.1) is 5.82 Å². The van der Waals surface area contributed by atoms with Crippen LogP contribution in [0.15, 0.2) is 6.20 Å². The number of carbonyl (C=O) groups is 1. The van der Waals surface area contributed by atoms with Crippen LogP contribution < -0.4 is 0 Å². The first-order valence-electron chi connectivity index (χ1n) is 3.30. The Morgan fingerprint density at radius 2 is 2.14 bits per heavy atom. The monoisotopic (exact) mass is 225 g/mol. The number of hydrogen-bond donors (Lipinski definition) is 1. The molecule has 1 aromatic heterocycles. The third-order valence-electron chi connectivity index (χ3n) is 1.43. The lowest BCUT2D eigenvalue weighted by molar-refractivity contribution is 0.0690. The van der Waals surface area contributed by atoms with E-state index in [1.807, 2.05) is 0 Å². The number of hydrogen-bond acceptors (Lipinski definition) is 2. The Morgan fingerprint density at radius 3 is 2.57 bits per heavy atom. The molecule has 0 aliphatic carbocycles. The van der Waals surface area contributed by atoms with E-state index in [2.05, 4.69) is 4.98 Å². The number of rotatable bonds is 2. The third-order valence-corrected chi connectivity index (χ3v) is 1.81. The molecular weight excluding hydrogens is 223 g/mol. The summed E-state index contributed by atoms with van der Waals surface area (Å²) in [6.45, 7) is 0. The maximum Gasteiger partial charge on any atom is 0.356 e. The number of aromatic nitrogens is 1. The minimum absolute atomic E-state index is 0.400. The Balaban J connectivity index is 3.41. The first-order chi connectivity index (χ1) is 6.45. The van der Waals surface area contributed by atoms with Crippen molar-refractivity contribution in [1.82, 2.24) is 4.98 Å². The molecule has 0 radical (unpaired) electrons. The number of carboxylic acid groups (broad SMARTS) is 1. The molecule has 1 N–H and O–H groups in total. The molecule has 0 atom stereocenters. The smallest absolute Gasteiger partial charge is 0.356 e. The van der Waals surface area contributed by atoms with Crippen LogP contribution in [-0.4, -0.2) is 16.1 Å². The molecule has 0 fully saturated rings. The summed E-state index contributed by atoms with van der Waals surface area (Å²) in [5.74, 6) is -2.91. The second-order valence-corrected chi connectivity index (χ2v) is 2.67. The largest absolute Gasteiger partial charge is 0.476 e. The van der Waals surface area contributed by atoms with Crippen LogP contribution in [0.4, 0.5) is 13.2 Å². The highest BCUT2D eigenvalue weighted by Gasteiger charge is 2.23. The molecule has 7 heteroatoms. The molecule has 0 bridgehead atoms. The van der Waals surface area contributed by atoms with Gasteiger partial charge in [-0.2, -0.15) is 0 Å². The number of aromatic carboxylic acids is 1. The number of nitrogens with zero attached hydrogens (tertiary/aromatic N) is 1. The SMILES string of the molecule is O=C(O)c1ncc(F)c(C(F)F)c1Cl. The van der Waals surface area contributed by atoms with Gasteiger partial charge in [-0.25, -0.2) is 22.9 Å². The Kier molecular flexibility index (Phi) is 2.95. The molecule has 1 rings (SSSR count). The van der Waals surface area contributed by atoms with Gasteiger partial charge in [-0.15, -0.1) is 0 Å². The summed E-state index contributed by atoms with van der Waals surface area (Å²) in [7, 11) is 0. The van der Waals surface area contributed by atoms with Gasteiger partial charge in [-0.3, -0.25) is 0 Å². The minimum Gasteiger partial charge on any atom is -0.476 e. The van der Waals surface area contributed by atoms with E-state index in [0.29, 0.717) is 6.20 Å². The lowest BCUT2D eigenvalue weighted by atomic mass is 10.2. The molecule has 0 saturated heterocycles. The van der Waals surface area contributed by atoms with Crippen LogP contribution in [-0.2, 0) is 0 Å². The van der Waals surface area contributed by atoms with Gasteiger partial charge >= 0.3 is 5.97 Å². The van der Waals surface area contributed by atoms with Crippen molar-refractivity contribution in [2.75, 3.05) is 0 Å². The standard InChI is InChI=1S/C7H3ClF3NO2/c8-4-3(6(10)11)2(9)1-12-5(4)7(13)14/h1,6H,(H,13,14). The molecule has 0 aliphatic rings. The summed E-state index contributed by atoms with van der Waals surface area (Å²) in [6, 6.07) is 0. The van der Waals surface area contributed by atoms with Gasteiger partial charge < -0.3 is 5.11 Å². The maximum absolute atomic E-state index is 12.7. The first kappa shape index (κ1) is 10.8. The molecule has 0 amide bonds. The minimum atomic E-state index is -3.18. The van der Waals surface area contributed by atoms with Crippen molar-refractivity contribution in [2.24, 2.45) is 0 Å². The summed E-state index contributed by atoms with van der Waals surface area (Å²) in [5, 5.41) is 7.58. The van der Waals surface area contributed by atoms with E-state index in [-0.39, 0.29) is 0 Å². The molecule has 3 nitrogen and oxygen atoms in total. The van der Waals surface area contributed by atoms with Gasteiger partial charge in [-0.05, 0) is 0 Å². The van der Waals surface area contributed by atoms with E-state index in [0.717, 1.165) is 0 Å². The predicted molar refractivity (Wildman–Crippen MR) is 41.1 cm³/mol. The van der Waals surface area contributed by atoms with Gasteiger partial charge in [0.1, 0.15) is 0 Å². The summed E-state index contributed by atoms with van der Waals surface area (Å²) in [4.78, 5) is 13.5. The molecule has 76 valence electrons. The van der Waals surface area contributed by atoms with Gasteiger partial charge in [0.25, 0.3) is 6.43 Å². The van der Waals surface area contributed by atoms with Crippen molar-refractivity contribution in [3.05, 3.63) is 28.3 Å². The fourth-order valence-electron chi connectivity index (χ4n) is 0.829. The van der Waals surface area contributed by atoms with E-state index in [1.54, 1.807) is 0 Å². The summed E-state index contributed by atoms with van der Waals surface area (Å²) < 4.78 is 37.1. The number of carboxylic acids is 1. The van der Waals surface area contributed by atoms with Crippen LogP contribution in [0.2, 0.25) is 5.02 Å². The highest BCUT2D eigenvalue weighted by Crippen LogP contribution is 2.30. The zero-order chi connectivity index (χ0) is 10.9. The average Bonchev–Trinajstić information content (AvgIpc) is 2.02. The van der Waals surface area contributed by atoms with Gasteiger partial charge in [0.05, 0.1) is 16.8 Å². The summed E-state index contributed by atoms with van der Waals surface area (Å²) in [5.41, 5.74) is -1.93. The second kappa shape index (κ2) is 3.83. The van der Waals surface area contributed by atoms with E-state index in [1.165, 1.54) is 0 Å². The Bertz CT molecular complexity index is 383. The first-order valence-corrected chi connectivity index (χ1v) is 3.68. The van der Waals surface area contributed by atoms with Crippen LogP contribution in [0.3, 0.4) is 0 Å². The molecule has 14 heavy (non-hydrogen) atoms. The molecule has 0 spiro atoms. The number of halogens is 4. The van der Waals surface area contributed by atoms with Crippen LogP contribution >= 0.6 is 11.6 Å². The Labute approximate surface area is 81.1 Å². The molecule has 0 unspecified atom stereocenters. The molecule has 0 saturated carbocycles. The van der Waals surface area contributed by atoms with Crippen molar-refractivity contribution in [2.45, 2.75) is 6.43 Å². The molecule has 0 aliphatic heterocycles. The zero-order valence-corrected chi connectivity index (χ0v) is 7.23. The molecular formula is C7H3ClF3NO2. The summed E-state index contributed by atoms with van der Waals surface area (Å²) >= 11 is 5.24. The fourth-order valence-corrected chi connectivity index (χ4v) is 1.13. The van der Waals surface area contributed by atoms with Crippen LogP contribution in [0.1, 0.15) is 22.5 Å². The molecule has 1 heterocycles. The average molecular weight is 226 g/mol. The van der Waals surface area contributed by atoms with Gasteiger partial charge in [0, 0.05) is 0 Å². The van der Waals surface area contributed by atoms with Crippen molar-refractivity contribution in [3.8, 4) is 0 Å². The van der Waals surface area contributed by atoms with Gasteiger partial charge in [0.15, 0.2) is 11.5 Å². The molecule has 1 aromatic rings. The lowest BCUT2D eigenvalue weighted by Gasteiger charge is -2.05. The topological polar surface area (TPSA) is 50.2 Å². The van der Waals surface area contributed by atoms with Crippen molar-refractivity contribution in [1.29, 1.82) is 0 Å². The van der Waals surface area contributed by atoms with Crippen molar-refractivity contribution >= 4 is 17.6 Å². The quantitative estimate of drug-likeness (QED) is 0.841. The van der Waals surface area contributed by atoms with Crippen LogP contribution in [0.5, 0.6) is 0 Å². The zero-order valence-electron chi connectivity index (χ0n) is 6.47. The van der Waals surface area contributed by atoms with E-state index >= 15 is 0 Å². The van der Waals surface area contributed by atoms with Crippen molar-refractivity contribution < 1.29 is 23.1 Å². The Hall–Kier alpha value is -1.30. The van der Waals surface area contributed by atoms with Gasteiger partial charge in [0.2, 0.25) is 0 Å². The maximum atomic E-state index is 12.7. The van der Waals surface area contributed by atoms with Crippen molar-refractivity contribution in [3.63, 3.8) is 0 Å². The number of pyridine rings is 1.